The lowest BCUT2D eigenvalue weighted by molar-refractivity contribution is -0.677. The highest BCUT2D eigenvalue weighted by Gasteiger charge is 2.23. The summed E-state index contributed by atoms with van der Waals surface area (Å²) >= 11 is 1.76. The summed E-state index contributed by atoms with van der Waals surface area (Å²) in [4.78, 5) is 0. The summed E-state index contributed by atoms with van der Waals surface area (Å²) < 4.78 is 2.19. The number of thiazole rings is 1. The van der Waals surface area contributed by atoms with E-state index >= 15 is 0 Å². The lowest BCUT2D eigenvalue weighted by Gasteiger charge is -2.11. The first-order valence-electron chi connectivity index (χ1n) is 3.44. The standard InChI is InChI=1S/C8H14NS/c1-8(2,3)7-5-10-6-9(7)4/h5-6H,1-4H3/q+1. The lowest BCUT2D eigenvalue weighted by atomic mass is 9.93. The molecule has 0 bridgehead atoms. The number of hydrogen-bond donors (Lipinski definition) is 0. The van der Waals surface area contributed by atoms with Gasteiger partial charge in [0.05, 0.1) is 5.38 Å². The molecule has 0 aliphatic carbocycles. The molecule has 1 rings (SSSR count). The van der Waals surface area contributed by atoms with Crippen LogP contribution in [0.15, 0.2) is 10.9 Å². The molecule has 2 heteroatoms. The highest BCUT2D eigenvalue weighted by Crippen LogP contribution is 2.19. The molecule has 10 heavy (non-hydrogen) atoms. The van der Waals surface area contributed by atoms with Crippen LogP contribution in [-0.4, -0.2) is 0 Å². The van der Waals surface area contributed by atoms with Gasteiger partial charge >= 0.3 is 0 Å². The predicted octanol–water partition coefficient (Wildman–Crippen LogP) is 1.87. The molecule has 0 saturated heterocycles. The van der Waals surface area contributed by atoms with Crippen LogP contribution in [-0.2, 0) is 12.5 Å². The van der Waals surface area contributed by atoms with Gasteiger partial charge in [0.15, 0.2) is 5.69 Å². The molecule has 0 unspecified atom stereocenters. The highest BCUT2D eigenvalue weighted by molar-refractivity contribution is 7.07. The van der Waals surface area contributed by atoms with Crippen molar-refractivity contribution in [2.45, 2.75) is 26.2 Å². The highest BCUT2D eigenvalue weighted by atomic mass is 32.1. The van der Waals surface area contributed by atoms with Gasteiger partial charge in [-0.15, -0.1) is 0 Å². The van der Waals surface area contributed by atoms with Gasteiger partial charge in [-0.3, -0.25) is 0 Å². The van der Waals surface area contributed by atoms with Crippen LogP contribution in [0.25, 0.3) is 0 Å². The summed E-state index contributed by atoms with van der Waals surface area (Å²) in [5.41, 5.74) is 3.81. The number of rotatable bonds is 0. The number of aromatic nitrogens is 1. The average Bonchev–Trinajstić information content (AvgIpc) is 2.11. The Morgan fingerprint density at radius 3 is 2.20 bits per heavy atom. The molecule has 0 spiro atoms. The van der Waals surface area contributed by atoms with E-state index in [0.717, 1.165) is 0 Å². The largest absolute Gasteiger partial charge is 0.224 e. The van der Waals surface area contributed by atoms with Crippen molar-refractivity contribution in [3.05, 3.63) is 16.6 Å². The molecular weight excluding hydrogens is 142 g/mol. The molecule has 0 amide bonds. The molecule has 1 aromatic heterocycles. The number of aryl methyl sites for hydroxylation is 1. The summed E-state index contributed by atoms with van der Waals surface area (Å²) in [5, 5.41) is 2.21. The fraction of sp³-hybridized carbons (Fsp3) is 0.625. The lowest BCUT2D eigenvalue weighted by Crippen LogP contribution is -2.36. The van der Waals surface area contributed by atoms with Crippen molar-refractivity contribution in [3.63, 3.8) is 0 Å². The molecule has 0 N–H and O–H groups in total. The van der Waals surface area contributed by atoms with E-state index in [1.54, 1.807) is 11.3 Å². The van der Waals surface area contributed by atoms with Crippen LogP contribution < -0.4 is 4.57 Å². The van der Waals surface area contributed by atoms with Crippen molar-refractivity contribution in [3.8, 4) is 0 Å². The van der Waals surface area contributed by atoms with Crippen LogP contribution >= 0.6 is 11.3 Å². The molecule has 0 radical (unpaired) electrons. The van der Waals surface area contributed by atoms with Crippen molar-refractivity contribution in [1.82, 2.24) is 0 Å². The molecule has 0 aromatic carbocycles. The Kier molecular flexibility index (Phi) is 1.82. The van der Waals surface area contributed by atoms with Gasteiger partial charge < -0.3 is 0 Å². The van der Waals surface area contributed by atoms with Crippen LogP contribution in [0.1, 0.15) is 26.5 Å². The van der Waals surface area contributed by atoms with E-state index in [-0.39, 0.29) is 5.41 Å². The Morgan fingerprint density at radius 1 is 1.40 bits per heavy atom. The van der Waals surface area contributed by atoms with Crippen molar-refractivity contribution >= 4 is 11.3 Å². The Morgan fingerprint density at radius 2 is 2.00 bits per heavy atom. The minimum absolute atomic E-state index is 0.286. The van der Waals surface area contributed by atoms with Gasteiger partial charge in [-0.25, -0.2) is 0 Å². The van der Waals surface area contributed by atoms with E-state index in [1.165, 1.54) is 5.69 Å². The van der Waals surface area contributed by atoms with Crippen LogP contribution in [0, 0.1) is 0 Å². The second-order valence-electron chi connectivity index (χ2n) is 3.61. The molecule has 0 saturated carbocycles. The minimum atomic E-state index is 0.286. The zero-order valence-electron chi connectivity index (χ0n) is 7.01. The first kappa shape index (κ1) is 7.73. The number of nitrogens with zero attached hydrogens (tertiary/aromatic N) is 1. The second-order valence-corrected chi connectivity index (χ2v) is 4.32. The molecule has 0 aliphatic heterocycles. The summed E-state index contributed by atoms with van der Waals surface area (Å²) in [7, 11) is 2.09. The van der Waals surface area contributed by atoms with Crippen LogP contribution in [0.5, 0.6) is 0 Å². The van der Waals surface area contributed by atoms with Gasteiger partial charge in [0.1, 0.15) is 7.05 Å². The Hall–Kier alpha value is -0.370. The normalized spacial score (nSPS) is 12.0. The third-order valence-corrected chi connectivity index (χ3v) is 2.34. The maximum atomic E-state index is 2.23. The van der Waals surface area contributed by atoms with Gasteiger partial charge in [0.25, 0.3) is 0 Å². The Bertz CT molecular complexity index is 219. The molecule has 56 valence electrons. The Labute approximate surface area is 66.3 Å². The summed E-state index contributed by atoms with van der Waals surface area (Å²) in [6, 6.07) is 0. The van der Waals surface area contributed by atoms with E-state index < -0.39 is 0 Å². The van der Waals surface area contributed by atoms with Gasteiger partial charge in [-0.1, -0.05) is 32.1 Å². The predicted molar refractivity (Wildman–Crippen MR) is 44.2 cm³/mol. The van der Waals surface area contributed by atoms with Crippen LogP contribution in [0.2, 0.25) is 0 Å². The van der Waals surface area contributed by atoms with Gasteiger partial charge in [-0.05, 0) is 0 Å². The first-order valence-corrected chi connectivity index (χ1v) is 4.38. The zero-order chi connectivity index (χ0) is 7.78. The minimum Gasteiger partial charge on any atom is -0.195 e. The van der Waals surface area contributed by atoms with E-state index in [0.29, 0.717) is 0 Å². The third kappa shape index (κ3) is 1.37. The first-order chi connectivity index (χ1) is 4.52. The monoisotopic (exact) mass is 156 g/mol. The number of hydrogen-bond acceptors (Lipinski definition) is 1. The van der Waals surface area contributed by atoms with Crippen molar-refractivity contribution < 1.29 is 4.57 Å². The quantitative estimate of drug-likeness (QED) is 0.505. The summed E-state index contributed by atoms with van der Waals surface area (Å²) in [5.74, 6) is 0. The van der Waals surface area contributed by atoms with Gasteiger partial charge in [0.2, 0.25) is 5.51 Å². The van der Waals surface area contributed by atoms with E-state index in [2.05, 4.69) is 43.3 Å². The maximum Gasteiger partial charge on any atom is 0.224 e. The Balaban J connectivity index is 3.05. The topological polar surface area (TPSA) is 3.88 Å². The molecule has 0 aliphatic rings. The molecule has 0 atom stereocenters. The molecule has 0 fully saturated rings. The fourth-order valence-corrected chi connectivity index (χ4v) is 2.04. The van der Waals surface area contributed by atoms with Gasteiger partial charge in [-0.2, -0.15) is 4.57 Å². The van der Waals surface area contributed by atoms with E-state index in [4.69, 9.17) is 0 Å². The average molecular weight is 156 g/mol. The third-order valence-electron chi connectivity index (χ3n) is 1.55. The van der Waals surface area contributed by atoms with Crippen molar-refractivity contribution in [2.24, 2.45) is 7.05 Å². The summed E-state index contributed by atoms with van der Waals surface area (Å²) in [6.45, 7) is 6.69. The van der Waals surface area contributed by atoms with E-state index in [1.807, 2.05) is 0 Å². The second kappa shape index (κ2) is 2.35. The SMILES string of the molecule is C[n+]1cscc1C(C)(C)C. The summed E-state index contributed by atoms with van der Waals surface area (Å²) in [6.07, 6.45) is 0. The van der Waals surface area contributed by atoms with Crippen LogP contribution in [0.3, 0.4) is 0 Å². The van der Waals surface area contributed by atoms with Crippen molar-refractivity contribution in [2.75, 3.05) is 0 Å². The maximum absolute atomic E-state index is 2.23. The molecule has 1 aromatic rings. The van der Waals surface area contributed by atoms with Gasteiger partial charge in [0, 0.05) is 5.41 Å². The molecular formula is C8H14NS+. The smallest absolute Gasteiger partial charge is 0.195 e. The van der Waals surface area contributed by atoms with Crippen LogP contribution in [0.4, 0.5) is 0 Å². The zero-order valence-corrected chi connectivity index (χ0v) is 7.83. The fourth-order valence-electron chi connectivity index (χ4n) is 1.03. The van der Waals surface area contributed by atoms with E-state index in [9.17, 15) is 0 Å². The molecule has 1 nitrogen and oxygen atoms in total. The van der Waals surface area contributed by atoms with Crippen molar-refractivity contribution in [1.29, 1.82) is 0 Å². The molecule has 1 heterocycles.